The molecular formula is C13H15Cl2N3O2. The molecule has 0 bridgehead atoms. The van der Waals surface area contributed by atoms with Crippen LogP contribution in [0.2, 0.25) is 10.0 Å². The highest BCUT2D eigenvalue weighted by Crippen LogP contribution is 2.25. The minimum absolute atomic E-state index is 0.0725. The summed E-state index contributed by atoms with van der Waals surface area (Å²) in [6, 6.07) is 4.45. The molecule has 0 radical (unpaired) electrons. The summed E-state index contributed by atoms with van der Waals surface area (Å²) >= 11 is 11.9. The van der Waals surface area contributed by atoms with E-state index in [0.29, 0.717) is 28.8 Å². The van der Waals surface area contributed by atoms with Crippen LogP contribution in [0, 0.1) is 0 Å². The van der Waals surface area contributed by atoms with Crippen molar-refractivity contribution in [3.8, 4) is 0 Å². The van der Waals surface area contributed by atoms with Crippen LogP contribution in [0.4, 0.5) is 5.69 Å². The summed E-state index contributed by atoms with van der Waals surface area (Å²) in [6.45, 7) is 3.17. The minimum Gasteiger partial charge on any atom is -0.354 e. The van der Waals surface area contributed by atoms with E-state index >= 15 is 0 Å². The van der Waals surface area contributed by atoms with Crippen molar-refractivity contribution < 1.29 is 9.59 Å². The number of hydrogen-bond donors (Lipinski definition) is 2. The molecule has 1 aliphatic heterocycles. The number of nitrogens with zero attached hydrogens (tertiary/aromatic N) is 1. The van der Waals surface area contributed by atoms with Crippen LogP contribution in [0.15, 0.2) is 18.2 Å². The molecule has 108 valence electrons. The number of carbonyl (C=O) groups is 2. The van der Waals surface area contributed by atoms with Crippen LogP contribution < -0.4 is 10.6 Å². The number of halogens is 2. The lowest BCUT2D eigenvalue weighted by molar-refractivity contribution is -0.127. The average Bonchev–Trinajstić information content (AvgIpc) is 2.42. The number of carbonyl (C=O) groups excluding carboxylic acids is 2. The van der Waals surface area contributed by atoms with E-state index in [-0.39, 0.29) is 18.4 Å². The second kappa shape index (κ2) is 6.43. The highest BCUT2D eigenvalue weighted by molar-refractivity contribution is 6.35. The second-order valence-electron chi connectivity index (χ2n) is 4.61. The van der Waals surface area contributed by atoms with Gasteiger partial charge in [-0.3, -0.25) is 14.5 Å². The van der Waals surface area contributed by atoms with Crippen molar-refractivity contribution in [1.82, 2.24) is 10.2 Å². The molecule has 1 saturated heterocycles. The predicted molar refractivity (Wildman–Crippen MR) is 79.1 cm³/mol. The van der Waals surface area contributed by atoms with Gasteiger partial charge in [0.15, 0.2) is 0 Å². The number of amides is 2. The van der Waals surface area contributed by atoms with Gasteiger partial charge in [0.1, 0.15) is 0 Å². The van der Waals surface area contributed by atoms with Crippen molar-refractivity contribution in [3.63, 3.8) is 0 Å². The van der Waals surface area contributed by atoms with Gasteiger partial charge in [-0.1, -0.05) is 23.2 Å². The molecule has 2 amide bonds. The zero-order valence-corrected chi connectivity index (χ0v) is 12.5. The molecule has 0 saturated carbocycles. The molecule has 0 aromatic heterocycles. The molecule has 0 unspecified atom stereocenters. The van der Waals surface area contributed by atoms with Crippen molar-refractivity contribution in [2.24, 2.45) is 0 Å². The third kappa shape index (κ3) is 3.62. The van der Waals surface area contributed by atoms with Gasteiger partial charge in [-0.15, -0.1) is 0 Å². The number of hydrogen-bond acceptors (Lipinski definition) is 3. The lowest BCUT2D eigenvalue weighted by Crippen LogP contribution is -2.53. The van der Waals surface area contributed by atoms with Gasteiger partial charge < -0.3 is 10.6 Å². The van der Waals surface area contributed by atoms with Crippen molar-refractivity contribution in [2.45, 2.75) is 13.0 Å². The summed E-state index contributed by atoms with van der Waals surface area (Å²) in [5.41, 5.74) is 0.470. The molecule has 20 heavy (non-hydrogen) atoms. The van der Waals surface area contributed by atoms with E-state index in [1.807, 2.05) is 4.90 Å². The van der Waals surface area contributed by atoms with Crippen LogP contribution in [0.25, 0.3) is 0 Å². The van der Waals surface area contributed by atoms with Gasteiger partial charge in [0, 0.05) is 18.1 Å². The molecule has 1 atom stereocenters. The fourth-order valence-corrected chi connectivity index (χ4v) is 2.32. The molecule has 5 nitrogen and oxygen atoms in total. The fourth-order valence-electron chi connectivity index (χ4n) is 1.99. The largest absolute Gasteiger partial charge is 0.354 e. The normalized spacial score (nSPS) is 17.4. The Balaban J connectivity index is 2.03. The molecule has 2 N–H and O–H groups in total. The Morgan fingerprint density at radius 1 is 1.45 bits per heavy atom. The Labute approximate surface area is 127 Å². The first-order valence-corrected chi connectivity index (χ1v) is 6.99. The van der Waals surface area contributed by atoms with Gasteiger partial charge in [0.2, 0.25) is 11.8 Å². The molecule has 1 aromatic rings. The molecule has 0 spiro atoms. The quantitative estimate of drug-likeness (QED) is 0.893. The van der Waals surface area contributed by atoms with E-state index in [0.717, 1.165) is 0 Å². The maximum absolute atomic E-state index is 12.2. The molecule has 0 aliphatic carbocycles. The Kier molecular flexibility index (Phi) is 4.86. The number of rotatable bonds is 3. The van der Waals surface area contributed by atoms with Crippen molar-refractivity contribution in [3.05, 3.63) is 28.2 Å². The van der Waals surface area contributed by atoms with Gasteiger partial charge in [-0.05, 0) is 25.1 Å². The summed E-state index contributed by atoms with van der Waals surface area (Å²) in [5.74, 6) is -0.291. The first-order chi connectivity index (χ1) is 9.47. The van der Waals surface area contributed by atoms with Crippen LogP contribution in [0.5, 0.6) is 0 Å². The highest BCUT2D eigenvalue weighted by Gasteiger charge is 2.26. The third-order valence-corrected chi connectivity index (χ3v) is 3.75. The van der Waals surface area contributed by atoms with Crippen LogP contribution >= 0.6 is 23.2 Å². The summed E-state index contributed by atoms with van der Waals surface area (Å²) in [4.78, 5) is 25.3. The fraction of sp³-hybridized carbons (Fsp3) is 0.385. The standard InChI is InChI=1S/C13H15Cl2N3O2/c1-8(18-5-4-16-12(19)7-18)13(20)17-11-6-9(14)2-3-10(11)15/h2-3,6,8H,4-5,7H2,1H3,(H,16,19)(H,17,20)/t8-/m1/s1. The summed E-state index contributed by atoms with van der Waals surface area (Å²) in [6.07, 6.45) is 0. The smallest absolute Gasteiger partial charge is 0.241 e. The van der Waals surface area contributed by atoms with E-state index in [1.54, 1.807) is 25.1 Å². The topological polar surface area (TPSA) is 61.4 Å². The second-order valence-corrected chi connectivity index (χ2v) is 5.45. The zero-order valence-electron chi connectivity index (χ0n) is 11.0. The van der Waals surface area contributed by atoms with Crippen LogP contribution in [-0.4, -0.2) is 42.4 Å². The van der Waals surface area contributed by atoms with Gasteiger partial charge >= 0.3 is 0 Å². The van der Waals surface area contributed by atoms with E-state index in [1.165, 1.54) is 0 Å². The summed E-state index contributed by atoms with van der Waals surface area (Å²) < 4.78 is 0. The molecule has 1 aromatic carbocycles. The van der Waals surface area contributed by atoms with Gasteiger partial charge in [0.05, 0.1) is 23.3 Å². The maximum atomic E-state index is 12.2. The Bertz CT molecular complexity index is 536. The Morgan fingerprint density at radius 3 is 2.90 bits per heavy atom. The molecular weight excluding hydrogens is 301 g/mol. The van der Waals surface area contributed by atoms with Gasteiger partial charge in [0.25, 0.3) is 0 Å². The third-order valence-electron chi connectivity index (χ3n) is 3.18. The van der Waals surface area contributed by atoms with E-state index in [2.05, 4.69) is 10.6 Å². The number of nitrogens with one attached hydrogen (secondary N) is 2. The van der Waals surface area contributed by atoms with Crippen LogP contribution in [-0.2, 0) is 9.59 Å². The molecule has 1 fully saturated rings. The molecule has 7 heteroatoms. The summed E-state index contributed by atoms with van der Waals surface area (Å²) in [7, 11) is 0. The van der Waals surface area contributed by atoms with E-state index < -0.39 is 6.04 Å². The molecule has 1 heterocycles. The Hall–Kier alpha value is -1.30. The van der Waals surface area contributed by atoms with Crippen LogP contribution in [0.1, 0.15) is 6.92 Å². The molecule has 2 rings (SSSR count). The predicted octanol–water partition coefficient (Wildman–Crippen LogP) is 1.75. The lowest BCUT2D eigenvalue weighted by Gasteiger charge is -2.31. The maximum Gasteiger partial charge on any atom is 0.241 e. The highest BCUT2D eigenvalue weighted by atomic mass is 35.5. The number of anilines is 1. The van der Waals surface area contributed by atoms with Crippen molar-refractivity contribution in [1.29, 1.82) is 0 Å². The first-order valence-electron chi connectivity index (χ1n) is 6.24. The van der Waals surface area contributed by atoms with E-state index in [4.69, 9.17) is 23.2 Å². The van der Waals surface area contributed by atoms with E-state index in [9.17, 15) is 9.59 Å². The Morgan fingerprint density at radius 2 is 2.20 bits per heavy atom. The van der Waals surface area contributed by atoms with Crippen molar-refractivity contribution in [2.75, 3.05) is 25.0 Å². The average molecular weight is 316 g/mol. The molecule has 1 aliphatic rings. The summed E-state index contributed by atoms with van der Waals surface area (Å²) in [5, 5.41) is 6.37. The SMILES string of the molecule is C[C@H](C(=O)Nc1cc(Cl)ccc1Cl)N1CCNC(=O)C1. The zero-order chi connectivity index (χ0) is 14.7. The number of benzene rings is 1. The van der Waals surface area contributed by atoms with Crippen molar-refractivity contribution >= 4 is 40.7 Å². The van der Waals surface area contributed by atoms with Gasteiger partial charge in [-0.25, -0.2) is 0 Å². The monoisotopic (exact) mass is 315 g/mol. The van der Waals surface area contributed by atoms with Gasteiger partial charge in [-0.2, -0.15) is 0 Å². The minimum atomic E-state index is -0.420. The first kappa shape index (κ1) is 15.1. The lowest BCUT2D eigenvalue weighted by atomic mass is 10.2. The van der Waals surface area contributed by atoms with Crippen LogP contribution in [0.3, 0.4) is 0 Å². The number of piperazine rings is 1.